The fourth-order valence-corrected chi connectivity index (χ4v) is 9.14. The Morgan fingerprint density at radius 1 is 0.493 bits per heavy atom. The number of ether oxygens (including phenoxy) is 2. The van der Waals surface area contributed by atoms with E-state index in [1.165, 1.54) is 193 Å². The van der Waals surface area contributed by atoms with Gasteiger partial charge in [0.05, 0.1) is 25.4 Å². The number of unbranched alkanes of at least 4 members (excludes halogenated alkanes) is 35. The summed E-state index contributed by atoms with van der Waals surface area (Å²) in [5, 5.41) is 54.2. The van der Waals surface area contributed by atoms with Crippen LogP contribution >= 0.6 is 0 Å². The van der Waals surface area contributed by atoms with Crippen molar-refractivity contribution in [3.8, 4) is 0 Å². The lowest BCUT2D eigenvalue weighted by Gasteiger charge is -2.40. The first-order chi connectivity index (χ1) is 32.8. The van der Waals surface area contributed by atoms with Gasteiger partial charge < -0.3 is 40.3 Å². The summed E-state index contributed by atoms with van der Waals surface area (Å²) in [6.07, 6.45) is 55.4. The maximum absolute atomic E-state index is 13.0. The van der Waals surface area contributed by atoms with Crippen LogP contribution in [-0.4, -0.2) is 87.5 Å². The van der Waals surface area contributed by atoms with Crippen LogP contribution in [0.1, 0.15) is 271 Å². The summed E-state index contributed by atoms with van der Waals surface area (Å²) in [5.74, 6) is -0.188. The van der Waals surface area contributed by atoms with Crippen molar-refractivity contribution < 1.29 is 39.8 Å². The Bertz CT molecular complexity index is 1150. The van der Waals surface area contributed by atoms with E-state index in [0.29, 0.717) is 6.42 Å². The summed E-state index contributed by atoms with van der Waals surface area (Å²) in [6.45, 7) is 3.70. The molecular formula is C58H109NO8. The SMILES string of the molecule is CCC/C=C/CC/C=C/CC/C=C/C(O)C(COC1OC(CO)C(O)C(O)C1O)NC(=O)CCCCCCCCCCCCCCCCCCCCCCCCCCCCCCCCCCC. The molecule has 0 bridgehead atoms. The Hall–Kier alpha value is -1.59. The minimum absolute atomic E-state index is 0.188. The highest BCUT2D eigenvalue weighted by Gasteiger charge is 2.44. The molecule has 1 heterocycles. The molecule has 9 nitrogen and oxygen atoms in total. The Morgan fingerprint density at radius 3 is 1.22 bits per heavy atom. The molecule has 1 fully saturated rings. The third kappa shape index (κ3) is 37.9. The first kappa shape index (κ1) is 63.4. The van der Waals surface area contributed by atoms with Crippen molar-refractivity contribution in [1.29, 1.82) is 0 Å². The van der Waals surface area contributed by atoms with Gasteiger partial charge in [0.1, 0.15) is 24.4 Å². The summed E-state index contributed by atoms with van der Waals surface area (Å²) in [7, 11) is 0. The lowest BCUT2D eigenvalue weighted by Crippen LogP contribution is -2.60. The highest BCUT2D eigenvalue weighted by atomic mass is 16.7. The Labute approximate surface area is 412 Å². The number of aliphatic hydroxyl groups is 5. The van der Waals surface area contributed by atoms with Crippen LogP contribution in [0.2, 0.25) is 0 Å². The molecule has 7 unspecified atom stereocenters. The summed E-state index contributed by atoms with van der Waals surface area (Å²) in [4.78, 5) is 13.0. The molecule has 1 aliphatic rings. The molecule has 0 aromatic heterocycles. The lowest BCUT2D eigenvalue weighted by atomic mass is 9.99. The van der Waals surface area contributed by atoms with Gasteiger partial charge in [-0.25, -0.2) is 0 Å². The highest BCUT2D eigenvalue weighted by molar-refractivity contribution is 5.76. The zero-order valence-electron chi connectivity index (χ0n) is 43.7. The monoisotopic (exact) mass is 948 g/mol. The normalized spacial score (nSPS) is 19.9. The molecule has 0 aliphatic carbocycles. The first-order valence-corrected chi connectivity index (χ1v) is 28.7. The Kier molecular flexibility index (Phi) is 45.5. The number of aliphatic hydroxyl groups excluding tert-OH is 5. The van der Waals surface area contributed by atoms with Crippen LogP contribution in [0, 0.1) is 0 Å². The predicted octanol–water partition coefficient (Wildman–Crippen LogP) is 14.0. The summed E-state index contributed by atoms with van der Waals surface area (Å²) >= 11 is 0. The van der Waals surface area contributed by atoms with Gasteiger partial charge in [0, 0.05) is 6.42 Å². The van der Waals surface area contributed by atoms with E-state index in [2.05, 4.69) is 43.5 Å². The molecule has 0 aromatic rings. The van der Waals surface area contributed by atoms with Gasteiger partial charge in [0.15, 0.2) is 6.29 Å². The molecule has 67 heavy (non-hydrogen) atoms. The van der Waals surface area contributed by atoms with Crippen molar-refractivity contribution in [2.75, 3.05) is 13.2 Å². The highest BCUT2D eigenvalue weighted by Crippen LogP contribution is 2.23. The summed E-state index contributed by atoms with van der Waals surface area (Å²) in [6, 6.07) is -0.824. The second kappa shape index (κ2) is 48.1. The number of nitrogens with one attached hydrogen (secondary N) is 1. The third-order valence-electron chi connectivity index (χ3n) is 13.7. The average molecular weight is 949 g/mol. The summed E-state index contributed by atoms with van der Waals surface area (Å²) in [5.41, 5.74) is 0. The first-order valence-electron chi connectivity index (χ1n) is 28.7. The number of allylic oxidation sites excluding steroid dienone is 5. The molecule has 9 heteroatoms. The van der Waals surface area contributed by atoms with E-state index in [0.717, 1.165) is 57.8 Å². The maximum Gasteiger partial charge on any atom is 0.220 e. The number of amides is 1. The fourth-order valence-electron chi connectivity index (χ4n) is 9.14. The molecule has 394 valence electrons. The van der Waals surface area contributed by atoms with E-state index in [9.17, 15) is 30.3 Å². The molecule has 1 rings (SSSR count). The molecule has 7 atom stereocenters. The van der Waals surface area contributed by atoms with Crippen molar-refractivity contribution in [2.45, 2.75) is 314 Å². The van der Waals surface area contributed by atoms with Crippen LogP contribution in [0.25, 0.3) is 0 Å². The van der Waals surface area contributed by atoms with Crippen LogP contribution in [0.3, 0.4) is 0 Å². The molecule has 1 saturated heterocycles. The van der Waals surface area contributed by atoms with E-state index < -0.39 is 49.5 Å². The topological polar surface area (TPSA) is 149 Å². The molecule has 1 aliphatic heterocycles. The number of carbonyl (C=O) groups excluding carboxylic acids is 1. The quantitative estimate of drug-likeness (QED) is 0.0261. The number of carbonyl (C=O) groups is 1. The zero-order valence-corrected chi connectivity index (χ0v) is 43.7. The van der Waals surface area contributed by atoms with Crippen molar-refractivity contribution in [2.24, 2.45) is 0 Å². The largest absolute Gasteiger partial charge is 0.394 e. The van der Waals surface area contributed by atoms with Gasteiger partial charge in [-0.3, -0.25) is 4.79 Å². The van der Waals surface area contributed by atoms with Crippen LogP contribution in [-0.2, 0) is 14.3 Å². The van der Waals surface area contributed by atoms with Gasteiger partial charge in [0.2, 0.25) is 5.91 Å². The molecule has 0 spiro atoms. The maximum atomic E-state index is 13.0. The standard InChI is InChI=1S/C58H109NO8/c1-3-5-7-9-11-13-15-16-17-18-19-20-21-22-23-24-25-26-27-28-29-30-31-32-33-34-35-36-38-40-42-44-46-48-54(62)59-51(50-66-58-57(65)56(64)55(63)53(49-60)67-58)52(61)47-45-43-41-39-37-14-12-10-8-6-4-2/h8,10,37,39,45,47,51-53,55-58,60-61,63-65H,3-7,9,11-36,38,40-44,46,48-50H2,1-2H3,(H,59,62)/b10-8+,39-37+,47-45+. The van der Waals surface area contributed by atoms with Gasteiger partial charge in [-0.15, -0.1) is 0 Å². The number of hydrogen-bond acceptors (Lipinski definition) is 8. The van der Waals surface area contributed by atoms with E-state index in [1.54, 1.807) is 6.08 Å². The lowest BCUT2D eigenvalue weighted by molar-refractivity contribution is -0.302. The van der Waals surface area contributed by atoms with Crippen molar-refractivity contribution in [3.63, 3.8) is 0 Å². The van der Waals surface area contributed by atoms with E-state index in [1.807, 2.05) is 6.08 Å². The Balaban J connectivity index is 2.08. The van der Waals surface area contributed by atoms with Gasteiger partial charge >= 0.3 is 0 Å². The molecule has 0 saturated carbocycles. The van der Waals surface area contributed by atoms with Crippen LogP contribution in [0.5, 0.6) is 0 Å². The molecule has 0 radical (unpaired) electrons. The van der Waals surface area contributed by atoms with E-state index >= 15 is 0 Å². The van der Waals surface area contributed by atoms with Gasteiger partial charge in [-0.05, 0) is 38.5 Å². The minimum atomic E-state index is -1.57. The summed E-state index contributed by atoms with van der Waals surface area (Å²) < 4.78 is 11.2. The second-order valence-electron chi connectivity index (χ2n) is 20.1. The van der Waals surface area contributed by atoms with Crippen molar-refractivity contribution in [3.05, 3.63) is 36.5 Å². The number of hydrogen-bond donors (Lipinski definition) is 6. The van der Waals surface area contributed by atoms with Crippen LogP contribution in [0.15, 0.2) is 36.5 Å². The smallest absolute Gasteiger partial charge is 0.220 e. The van der Waals surface area contributed by atoms with Gasteiger partial charge in [-0.1, -0.05) is 262 Å². The predicted molar refractivity (Wildman–Crippen MR) is 281 cm³/mol. The Morgan fingerprint density at radius 2 is 0.851 bits per heavy atom. The third-order valence-corrected chi connectivity index (χ3v) is 13.7. The number of rotatable bonds is 49. The van der Waals surface area contributed by atoms with Crippen molar-refractivity contribution in [1.82, 2.24) is 5.32 Å². The molecule has 6 N–H and O–H groups in total. The minimum Gasteiger partial charge on any atom is -0.394 e. The van der Waals surface area contributed by atoms with Gasteiger partial charge in [-0.2, -0.15) is 0 Å². The average Bonchev–Trinajstić information content (AvgIpc) is 3.33. The van der Waals surface area contributed by atoms with E-state index in [-0.39, 0.29) is 12.5 Å². The van der Waals surface area contributed by atoms with Crippen LogP contribution in [0.4, 0.5) is 0 Å². The molecule has 0 aromatic carbocycles. The van der Waals surface area contributed by atoms with E-state index in [4.69, 9.17) is 9.47 Å². The second-order valence-corrected chi connectivity index (χ2v) is 20.1. The fraction of sp³-hybridized carbons (Fsp3) is 0.879. The van der Waals surface area contributed by atoms with Gasteiger partial charge in [0.25, 0.3) is 0 Å². The zero-order chi connectivity index (χ0) is 48.7. The molecular weight excluding hydrogens is 839 g/mol. The molecule has 1 amide bonds. The van der Waals surface area contributed by atoms with Crippen LogP contribution < -0.4 is 5.32 Å². The van der Waals surface area contributed by atoms with Crippen molar-refractivity contribution >= 4 is 5.91 Å².